The predicted molar refractivity (Wildman–Crippen MR) is 74.0 cm³/mol. The number of likely N-dealkylation sites (N-methyl/N-ethyl adjacent to an activating group) is 1. The summed E-state index contributed by atoms with van der Waals surface area (Å²) in [5.74, 6) is 0.699. The number of oxazole rings is 1. The topological polar surface area (TPSA) is 67.2 Å². The van der Waals surface area contributed by atoms with E-state index < -0.39 is 0 Å². The molecule has 0 radical (unpaired) electrons. The fraction of sp³-hybridized carbons (Fsp3) is 0.429. The average molecular weight is 261 g/mol. The summed E-state index contributed by atoms with van der Waals surface area (Å²) in [4.78, 5) is 15.7. The lowest BCUT2D eigenvalue weighted by Crippen LogP contribution is -2.34. The predicted octanol–water partition coefficient (Wildman–Crippen LogP) is 1.40. The highest BCUT2D eigenvalue weighted by molar-refractivity contribution is 5.78. The molecule has 0 saturated heterocycles. The van der Waals surface area contributed by atoms with Crippen LogP contribution in [0.25, 0.3) is 11.1 Å². The molecular weight excluding hydrogens is 242 g/mol. The third kappa shape index (κ3) is 3.79. The largest absolute Gasteiger partial charge is 0.441 e. The number of benzene rings is 1. The summed E-state index contributed by atoms with van der Waals surface area (Å²) >= 11 is 0. The highest BCUT2D eigenvalue weighted by Gasteiger charge is 2.04. The Balaban J connectivity index is 1.86. The van der Waals surface area contributed by atoms with E-state index in [2.05, 4.69) is 15.6 Å². The number of hydrogen-bond donors (Lipinski definition) is 2. The molecule has 0 atom stereocenters. The Kier molecular flexibility index (Phi) is 4.52. The van der Waals surface area contributed by atoms with E-state index in [-0.39, 0.29) is 5.91 Å². The quantitative estimate of drug-likeness (QED) is 0.825. The first kappa shape index (κ1) is 13.5. The van der Waals surface area contributed by atoms with Crippen LogP contribution in [0.15, 0.2) is 22.6 Å². The molecule has 0 aliphatic rings. The van der Waals surface area contributed by atoms with E-state index in [4.69, 9.17) is 4.42 Å². The highest BCUT2D eigenvalue weighted by atomic mass is 16.3. The second-order valence-corrected chi connectivity index (χ2v) is 4.42. The summed E-state index contributed by atoms with van der Waals surface area (Å²) in [6, 6.07) is 5.94. The number of aromatic nitrogens is 1. The van der Waals surface area contributed by atoms with Crippen LogP contribution in [0.5, 0.6) is 0 Å². The average Bonchev–Trinajstić information content (AvgIpc) is 2.75. The van der Waals surface area contributed by atoms with Gasteiger partial charge in [0.2, 0.25) is 5.91 Å². The number of carbonyl (C=O) groups is 1. The minimum absolute atomic E-state index is 0.0263. The van der Waals surface area contributed by atoms with Gasteiger partial charge < -0.3 is 15.1 Å². The van der Waals surface area contributed by atoms with Crippen molar-refractivity contribution in [2.24, 2.45) is 0 Å². The SMILES string of the molecule is CCNCC(=O)NCCc1ccc2nc(C)oc2c1. The van der Waals surface area contributed by atoms with Crippen molar-refractivity contribution in [3.63, 3.8) is 0 Å². The lowest BCUT2D eigenvalue weighted by molar-refractivity contribution is -0.120. The van der Waals surface area contributed by atoms with Gasteiger partial charge in [-0.15, -0.1) is 0 Å². The molecular formula is C14H19N3O2. The maximum atomic E-state index is 11.4. The molecule has 1 amide bonds. The maximum absolute atomic E-state index is 11.4. The van der Waals surface area contributed by atoms with Crippen LogP contribution in [0.4, 0.5) is 0 Å². The minimum atomic E-state index is 0.0263. The van der Waals surface area contributed by atoms with Gasteiger partial charge in [0.15, 0.2) is 11.5 Å². The summed E-state index contributed by atoms with van der Waals surface area (Å²) in [6.07, 6.45) is 0.785. The van der Waals surface area contributed by atoms with E-state index in [0.717, 1.165) is 29.6 Å². The maximum Gasteiger partial charge on any atom is 0.233 e. The van der Waals surface area contributed by atoms with Gasteiger partial charge in [-0.05, 0) is 30.7 Å². The van der Waals surface area contributed by atoms with Gasteiger partial charge >= 0.3 is 0 Å². The van der Waals surface area contributed by atoms with Crippen LogP contribution in [0.1, 0.15) is 18.4 Å². The van der Waals surface area contributed by atoms with Crippen LogP contribution in [-0.2, 0) is 11.2 Å². The van der Waals surface area contributed by atoms with Crippen molar-refractivity contribution in [2.75, 3.05) is 19.6 Å². The van der Waals surface area contributed by atoms with Crippen molar-refractivity contribution in [1.82, 2.24) is 15.6 Å². The van der Waals surface area contributed by atoms with E-state index in [9.17, 15) is 4.79 Å². The Morgan fingerprint density at radius 1 is 1.42 bits per heavy atom. The zero-order chi connectivity index (χ0) is 13.7. The molecule has 0 spiro atoms. The van der Waals surface area contributed by atoms with Crippen molar-refractivity contribution >= 4 is 17.0 Å². The lowest BCUT2D eigenvalue weighted by Gasteiger charge is -2.05. The van der Waals surface area contributed by atoms with Crippen molar-refractivity contribution in [3.05, 3.63) is 29.7 Å². The van der Waals surface area contributed by atoms with Gasteiger partial charge in [-0.1, -0.05) is 13.0 Å². The van der Waals surface area contributed by atoms with E-state index in [1.165, 1.54) is 0 Å². The first-order valence-electron chi connectivity index (χ1n) is 6.52. The zero-order valence-corrected chi connectivity index (χ0v) is 11.3. The van der Waals surface area contributed by atoms with E-state index >= 15 is 0 Å². The van der Waals surface area contributed by atoms with Gasteiger partial charge in [-0.25, -0.2) is 4.98 Å². The molecule has 102 valence electrons. The molecule has 1 aromatic heterocycles. The normalized spacial score (nSPS) is 10.8. The standard InChI is InChI=1S/C14H19N3O2/c1-3-15-9-14(18)16-7-6-11-4-5-12-13(8-11)19-10(2)17-12/h4-5,8,15H,3,6-7,9H2,1-2H3,(H,16,18). The van der Waals surface area contributed by atoms with Crippen LogP contribution >= 0.6 is 0 Å². The van der Waals surface area contributed by atoms with Gasteiger partial charge in [0.05, 0.1) is 6.54 Å². The summed E-state index contributed by atoms with van der Waals surface area (Å²) in [6.45, 7) is 5.61. The number of hydrogen-bond acceptors (Lipinski definition) is 4. The van der Waals surface area contributed by atoms with Crippen LogP contribution in [0.3, 0.4) is 0 Å². The molecule has 0 saturated carbocycles. The van der Waals surface area contributed by atoms with Crippen LogP contribution < -0.4 is 10.6 Å². The fourth-order valence-corrected chi connectivity index (χ4v) is 1.89. The number of rotatable bonds is 6. The number of amides is 1. The molecule has 1 heterocycles. The minimum Gasteiger partial charge on any atom is -0.441 e. The molecule has 0 aliphatic heterocycles. The Bertz CT molecular complexity index is 563. The third-order valence-electron chi connectivity index (χ3n) is 2.83. The molecule has 5 heteroatoms. The molecule has 0 bridgehead atoms. The smallest absolute Gasteiger partial charge is 0.233 e. The number of nitrogens with zero attached hydrogens (tertiary/aromatic N) is 1. The van der Waals surface area contributed by atoms with E-state index in [1.807, 2.05) is 32.0 Å². The molecule has 2 N–H and O–H groups in total. The Morgan fingerprint density at radius 2 is 2.26 bits per heavy atom. The van der Waals surface area contributed by atoms with Gasteiger partial charge in [0, 0.05) is 13.5 Å². The number of fused-ring (bicyclic) bond motifs is 1. The molecule has 2 aromatic rings. The van der Waals surface area contributed by atoms with Crippen LogP contribution in [-0.4, -0.2) is 30.5 Å². The first-order chi connectivity index (χ1) is 9.19. The molecule has 1 aromatic carbocycles. The Labute approximate surface area is 112 Å². The van der Waals surface area contributed by atoms with E-state index in [1.54, 1.807) is 0 Å². The van der Waals surface area contributed by atoms with Gasteiger partial charge in [-0.2, -0.15) is 0 Å². The van der Waals surface area contributed by atoms with E-state index in [0.29, 0.717) is 19.0 Å². The molecule has 0 aliphatic carbocycles. The van der Waals surface area contributed by atoms with Crippen molar-refractivity contribution in [1.29, 1.82) is 0 Å². The number of nitrogens with one attached hydrogen (secondary N) is 2. The lowest BCUT2D eigenvalue weighted by atomic mass is 10.1. The summed E-state index contributed by atoms with van der Waals surface area (Å²) in [7, 11) is 0. The second-order valence-electron chi connectivity index (χ2n) is 4.42. The highest BCUT2D eigenvalue weighted by Crippen LogP contribution is 2.16. The third-order valence-corrected chi connectivity index (χ3v) is 2.83. The van der Waals surface area contributed by atoms with Crippen molar-refractivity contribution < 1.29 is 9.21 Å². The molecule has 2 rings (SSSR count). The fourth-order valence-electron chi connectivity index (χ4n) is 1.89. The Morgan fingerprint density at radius 3 is 3.05 bits per heavy atom. The van der Waals surface area contributed by atoms with Crippen LogP contribution in [0, 0.1) is 6.92 Å². The van der Waals surface area contributed by atoms with Crippen molar-refractivity contribution in [3.8, 4) is 0 Å². The number of carbonyl (C=O) groups excluding carboxylic acids is 1. The van der Waals surface area contributed by atoms with Crippen LogP contribution in [0.2, 0.25) is 0 Å². The number of aryl methyl sites for hydroxylation is 1. The Hall–Kier alpha value is -1.88. The summed E-state index contributed by atoms with van der Waals surface area (Å²) in [5, 5.41) is 5.86. The monoisotopic (exact) mass is 261 g/mol. The van der Waals surface area contributed by atoms with Gasteiger partial charge in [0.1, 0.15) is 5.52 Å². The summed E-state index contributed by atoms with van der Waals surface area (Å²) in [5.41, 5.74) is 2.80. The first-order valence-corrected chi connectivity index (χ1v) is 6.52. The van der Waals surface area contributed by atoms with Gasteiger partial charge in [0.25, 0.3) is 0 Å². The summed E-state index contributed by atoms with van der Waals surface area (Å²) < 4.78 is 5.48. The van der Waals surface area contributed by atoms with Crippen molar-refractivity contribution in [2.45, 2.75) is 20.3 Å². The molecule has 5 nitrogen and oxygen atoms in total. The second kappa shape index (κ2) is 6.33. The van der Waals surface area contributed by atoms with Gasteiger partial charge in [-0.3, -0.25) is 4.79 Å². The molecule has 0 fully saturated rings. The zero-order valence-electron chi connectivity index (χ0n) is 11.3. The molecule has 19 heavy (non-hydrogen) atoms. The molecule has 0 unspecified atom stereocenters.